The lowest BCUT2D eigenvalue weighted by molar-refractivity contribution is -0.141. The molecule has 1 aliphatic heterocycles. The summed E-state index contributed by atoms with van der Waals surface area (Å²) in [4.78, 5) is 47.9. The normalized spacial score (nSPS) is 18.1. The summed E-state index contributed by atoms with van der Waals surface area (Å²) in [6.45, 7) is 1.54. The monoisotopic (exact) mass is 413 g/mol. The van der Waals surface area contributed by atoms with E-state index in [-0.39, 0.29) is 22.2 Å². The van der Waals surface area contributed by atoms with Crippen molar-refractivity contribution in [1.82, 2.24) is 10.3 Å². The molecule has 1 aromatic heterocycles. The van der Waals surface area contributed by atoms with Crippen LogP contribution in [0.3, 0.4) is 0 Å². The number of thioether (sulfide) groups is 1. The van der Waals surface area contributed by atoms with Gasteiger partial charge in [-0.05, 0) is 17.9 Å². The van der Waals surface area contributed by atoms with Crippen molar-refractivity contribution in [3.05, 3.63) is 22.1 Å². The Balaban J connectivity index is 2.27. The van der Waals surface area contributed by atoms with Crippen LogP contribution in [0, 0.1) is 0 Å². The van der Waals surface area contributed by atoms with Gasteiger partial charge in [0.25, 0.3) is 5.91 Å². The van der Waals surface area contributed by atoms with Gasteiger partial charge in [0, 0.05) is 5.38 Å². The average Bonchev–Trinajstić information content (AvgIpc) is 3.03. The molecule has 0 saturated heterocycles. The van der Waals surface area contributed by atoms with Crippen molar-refractivity contribution in [2.75, 3.05) is 12.8 Å². The van der Waals surface area contributed by atoms with Gasteiger partial charge in [-0.2, -0.15) is 0 Å². The summed E-state index contributed by atoms with van der Waals surface area (Å²) < 4.78 is 0. The van der Waals surface area contributed by atoms with Gasteiger partial charge in [-0.3, -0.25) is 9.79 Å². The van der Waals surface area contributed by atoms with Crippen LogP contribution in [0.4, 0.5) is 5.13 Å². The molecule has 0 bridgehead atoms. The van der Waals surface area contributed by atoms with Crippen LogP contribution >= 0.6 is 23.1 Å². The standard InChI is InChI=1S/C14H15N5O6S2/c1-5-3-26-11(18-7(5)12(21)22)9(13(23)24)17-10(20)8(19-25-2)6-4-27-14(15)16-6/h3-4,9,11H,1-2H3,(H2,15,16)(H,17,20)(H,21,22)(H,23,24)/b19-8-/t9-,11+/m0/s1. The molecular weight excluding hydrogens is 398 g/mol. The molecular formula is C14H15N5O6S2. The number of rotatable bonds is 7. The lowest BCUT2D eigenvalue weighted by atomic mass is 10.2. The number of hydrogen-bond acceptors (Lipinski definition) is 10. The fraction of sp³-hybridized carbons (Fsp3) is 0.286. The van der Waals surface area contributed by atoms with Gasteiger partial charge in [0.05, 0.1) is 0 Å². The van der Waals surface area contributed by atoms with E-state index in [9.17, 15) is 19.5 Å². The number of nitrogens with zero attached hydrogens (tertiary/aromatic N) is 3. The van der Waals surface area contributed by atoms with E-state index in [1.807, 2.05) is 0 Å². The molecule has 2 heterocycles. The molecule has 1 aromatic rings. The zero-order valence-electron chi connectivity index (χ0n) is 14.1. The Morgan fingerprint density at radius 1 is 1.41 bits per heavy atom. The second kappa shape index (κ2) is 8.64. The van der Waals surface area contributed by atoms with Gasteiger partial charge in [0.15, 0.2) is 16.9 Å². The Labute approximate surface area is 161 Å². The summed E-state index contributed by atoms with van der Waals surface area (Å²) in [6, 6.07) is -1.51. The minimum Gasteiger partial charge on any atom is -0.480 e. The first-order valence-corrected chi connectivity index (χ1v) is 9.06. The van der Waals surface area contributed by atoms with E-state index >= 15 is 0 Å². The number of nitrogens with one attached hydrogen (secondary N) is 1. The van der Waals surface area contributed by atoms with Crippen molar-refractivity contribution in [1.29, 1.82) is 0 Å². The number of amides is 1. The lowest BCUT2D eigenvalue weighted by Crippen LogP contribution is -2.50. The number of oxime groups is 1. The van der Waals surface area contributed by atoms with Gasteiger partial charge in [0.1, 0.15) is 23.9 Å². The number of carbonyl (C=O) groups excluding carboxylic acids is 1. The number of aliphatic imine (C=N–C) groups is 1. The second-order valence-electron chi connectivity index (χ2n) is 5.09. The van der Waals surface area contributed by atoms with Gasteiger partial charge in [0.2, 0.25) is 0 Å². The van der Waals surface area contributed by atoms with Gasteiger partial charge >= 0.3 is 11.9 Å². The maximum absolute atomic E-state index is 12.5. The van der Waals surface area contributed by atoms with Crippen LogP contribution < -0.4 is 11.1 Å². The number of thiazole rings is 1. The van der Waals surface area contributed by atoms with E-state index in [1.54, 1.807) is 6.92 Å². The van der Waals surface area contributed by atoms with Gasteiger partial charge in [-0.25, -0.2) is 14.6 Å². The number of aliphatic carboxylic acids is 2. The molecule has 0 saturated carbocycles. The Bertz CT molecular complexity index is 862. The molecule has 0 radical (unpaired) electrons. The third-order valence-corrected chi connectivity index (χ3v) is 5.04. The molecule has 11 nitrogen and oxygen atoms in total. The molecule has 0 fully saturated rings. The third-order valence-electron chi connectivity index (χ3n) is 3.22. The summed E-state index contributed by atoms with van der Waals surface area (Å²) in [7, 11) is 1.21. The van der Waals surface area contributed by atoms with Crippen molar-refractivity contribution in [2.45, 2.75) is 18.3 Å². The fourth-order valence-electron chi connectivity index (χ4n) is 2.02. The highest BCUT2D eigenvalue weighted by atomic mass is 32.2. The van der Waals surface area contributed by atoms with Crippen LogP contribution in [0.1, 0.15) is 12.6 Å². The predicted molar refractivity (Wildman–Crippen MR) is 99.8 cm³/mol. The quantitative estimate of drug-likeness (QED) is 0.358. The largest absolute Gasteiger partial charge is 0.480 e. The van der Waals surface area contributed by atoms with Crippen molar-refractivity contribution in [3.8, 4) is 0 Å². The minimum atomic E-state index is -1.51. The number of hydrogen-bond donors (Lipinski definition) is 4. The molecule has 5 N–H and O–H groups in total. The van der Waals surface area contributed by atoms with E-state index in [2.05, 4.69) is 25.3 Å². The van der Waals surface area contributed by atoms with Gasteiger partial charge in [-0.15, -0.1) is 23.1 Å². The smallest absolute Gasteiger partial charge is 0.354 e. The summed E-state index contributed by atoms with van der Waals surface area (Å²) in [5.41, 5.74) is 5.50. The zero-order chi connectivity index (χ0) is 20.1. The molecule has 144 valence electrons. The fourth-order valence-corrected chi connectivity index (χ4v) is 3.53. The predicted octanol–water partition coefficient (Wildman–Crippen LogP) is 0.148. The number of carboxylic acid groups (broad SMARTS) is 2. The SMILES string of the molecule is CO/N=C(\C(=O)N[C@H](C(=O)O)[C@@H]1N=C(C(=O)O)C(C)=CS1)c1csc(N)n1. The molecule has 27 heavy (non-hydrogen) atoms. The molecule has 0 unspecified atom stereocenters. The van der Waals surface area contributed by atoms with E-state index in [0.29, 0.717) is 5.57 Å². The van der Waals surface area contributed by atoms with E-state index < -0.39 is 29.3 Å². The molecule has 0 aromatic carbocycles. The first-order valence-electron chi connectivity index (χ1n) is 7.24. The molecule has 0 aliphatic carbocycles. The van der Waals surface area contributed by atoms with E-state index in [1.165, 1.54) is 17.9 Å². The molecule has 0 spiro atoms. The highest BCUT2D eigenvalue weighted by Gasteiger charge is 2.34. The highest BCUT2D eigenvalue weighted by molar-refractivity contribution is 8.02. The number of anilines is 1. The van der Waals surface area contributed by atoms with Crippen LogP contribution in [0.2, 0.25) is 0 Å². The summed E-state index contributed by atoms with van der Waals surface area (Å²) in [6.07, 6.45) is 0. The van der Waals surface area contributed by atoms with Crippen molar-refractivity contribution < 1.29 is 29.4 Å². The Morgan fingerprint density at radius 2 is 2.11 bits per heavy atom. The topological polar surface area (TPSA) is 177 Å². The van der Waals surface area contributed by atoms with Crippen LogP contribution in [0.15, 0.2) is 26.5 Å². The minimum absolute atomic E-state index is 0.114. The number of carbonyl (C=O) groups is 3. The van der Waals surface area contributed by atoms with Gasteiger partial charge in [-0.1, -0.05) is 5.16 Å². The first kappa shape index (κ1) is 20.4. The molecule has 1 amide bonds. The second-order valence-corrected chi connectivity index (χ2v) is 6.97. The highest BCUT2D eigenvalue weighted by Crippen LogP contribution is 2.26. The van der Waals surface area contributed by atoms with Crippen LogP contribution in [0.5, 0.6) is 0 Å². The van der Waals surface area contributed by atoms with Crippen LogP contribution in [-0.2, 0) is 19.2 Å². The lowest BCUT2D eigenvalue weighted by Gasteiger charge is -2.23. The van der Waals surface area contributed by atoms with Crippen LogP contribution in [-0.4, -0.2) is 63.0 Å². The number of aromatic nitrogens is 1. The van der Waals surface area contributed by atoms with E-state index in [0.717, 1.165) is 23.1 Å². The Kier molecular flexibility index (Phi) is 6.52. The molecule has 2 atom stereocenters. The summed E-state index contributed by atoms with van der Waals surface area (Å²) in [5.74, 6) is -3.56. The molecule has 2 rings (SSSR count). The van der Waals surface area contributed by atoms with Crippen molar-refractivity contribution >= 4 is 57.5 Å². The van der Waals surface area contributed by atoms with Gasteiger partial charge < -0.3 is 26.1 Å². The van der Waals surface area contributed by atoms with Crippen molar-refractivity contribution in [2.24, 2.45) is 10.1 Å². The summed E-state index contributed by atoms with van der Waals surface area (Å²) >= 11 is 2.05. The third kappa shape index (κ3) is 4.83. The maximum atomic E-state index is 12.5. The number of carboxylic acids is 2. The van der Waals surface area contributed by atoms with Crippen LogP contribution in [0.25, 0.3) is 0 Å². The van der Waals surface area contributed by atoms with E-state index in [4.69, 9.17) is 10.8 Å². The maximum Gasteiger partial charge on any atom is 0.354 e. The van der Waals surface area contributed by atoms with Crippen molar-refractivity contribution in [3.63, 3.8) is 0 Å². The Morgan fingerprint density at radius 3 is 2.63 bits per heavy atom. The first-order chi connectivity index (χ1) is 12.7. The number of nitrogen functional groups attached to an aromatic ring is 1. The average molecular weight is 413 g/mol. The zero-order valence-corrected chi connectivity index (χ0v) is 15.7. The Hall–Kier alpha value is -2.93. The molecule has 13 heteroatoms. The number of nitrogens with two attached hydrogens (primary N) is 1. The molecule has 1 aliphatic rings. The summed E-state index contributed by atoms with van der Waals surface area (Å²) in [5, 5.41) is 26.6.